The van der Waals surface area contributed by atoms with Crippen molar-refractivity contribution in [2.45, 2.75) is 25.0 Å². The van der Waals surface area contributed by atoms with E-state index in [0.717, 1.165) is 11.6 Å². The number of H-pyrrole nitrogens is 1. The lowest BCUT2D eigenvalue weighted by Crippen LogP contribution is -1.90. The van der Waals surface area contributed by atoms with Gasteiger partial charge in [-0.25, -0.2) is 4.98 Å². The van der Waals surface area contributed by atoms with Crippen LogP contribution in [-0.4, -0.2) is 20.9 Å². The van der Waals surface area contributed by atoms with Gasteiger partial charge in [0.25, 0.3) is 0 Å². The molecule has 60 valence electrons. The summed E-state index contributed by atoms with van der Waals surface area (Å²) < 4.78 is 0. The number of aryl methyl sites for hydroxylation is 1. The van der Waals surface area contributed by atoms with Gasteiger partial charge in [0.05, 0.1) is 5.25 Å². The SMILES string of the molecule is Cc1nc(C2CCCS2)n[nH]1. The largest absolute Gasteiger partial charge is 0.263 e. The van der Waals surface area contributed by atoms with Gasteiger partial charge in [-0.1, -0.05) is 0 Å². The van der Waals surface area contributed by atoms with Gasteiger partial charge in [0.2, 0.25) is 0 Å². The molecule has 2 rings (SSSR count). The summed E-state index contributed by atoms with van der Waals surface area (Å²) in [7, 11) is 0. The Morgan fingerprint density at radius 1 is 1.64 bits per heavy atom. The van der Waals surface area contributed by atoms with Crippen LogP contribution in [0.3, 0.4) is 0 Å². The molecule has 0 saturated carbocycles. The van der Waals surface area contributed by atoms with Crippen LogP contribution in [0.4, 0.5) is 0 Å². The lowest BCUT2D eigenvalue weighted by atomic mass is 10.2. The highest BCUT2D eigenvalue weighted by molar-refractivity contribution is 7.99. The van der Waals surface area contributed by atoms with Gasteiger partial charge in [-0.15, -0.1) is 0 Å². The zero-order valence-electron chi connectivity index (χ0n) is 6.50. The monoisotopic (exact) mass is 169 g/mol. The number of nitrogens with zero attached hydrogens (tertiary/aromatic N) is 2. The van der Waals surface area contributed by atoms with E-state index in [1.165, 1.54) is 18.6 Å². The predicted octanol–water partition coefficient (Wildman–Crippen LogP) is 1.68. The zero-order valence-corrected chi connectivity index (χ0v) is 7.32. The molecule has 1 aromatic rings. The van der Waals surface area contributed by atoms with Crippen LogP contribution in [0.1, 0.15) is 29.7 Å². The molecule has 1 N–H and O–H groups in total. The minimum absolute atomic E-state index is 0.556. The summed E-state index contributed by atoms with van der Waals surface area (Å²) in [6, 6.07) is 0. The second-order valence-electron chi connectivity index (χ2n) is 2.78. The van der Waals surface area contributed by atoms with Crippen molar-refractivity contribution in [3.05, 3.63) is 11.6 Å². The minimum atomic E-state index is 0.556. The molecule has 1 fully saturated rings. The van der Waals surface area contributed by atoms with Crippen LogP contribution in [0.25, 0.3) is 0 Å². The first-order valence-electron chi connectivity index (χ1n) is 3.87. The van der Waals surface area contributed by atoms with Crippen LogP contribution < -0.4 is 0 Å². The fourth-order valence-corrected chi connectivity index (χ4v) is 2.49. The zero-order chi connectivity index (χ0) is 7.68. The third-order valence-electron chi connectivity index (χ3n) is 1.83. The molecule has 11 heavy (non-hydrogen) atoms. The maximum Gasteiger partial charge on any atom is 0.163 e. The highest BCUT2D eigenvalue weighted by Gasteiger charge is 2.20. The van der Waals surface area contributed by atoms with Crippen molar-refractivity contribution in [1.29, 1.82) is 0 Å². The highest BCUT2D eigenvalue weighted by atomic mass is 32.2. The maximum atomic E-state index is 4.31. The van der Waals surface area contributed by atoms with E-state index in [0.29, 0.717) is 5.25 Å². The summed E-state index contributed by atoms with van der Waals surface area (Å²) in [5.41, 5.74) is 0. The van der Waals surface area contributed by atoms with Crippen LogP contribution >= 0.6 is 11.8 Å². The normalized spacial score (nSPS) is 24.3. The van der Waals surface area contributed by atoms with Gasteiger partial charge in [0.15, 0.2) is 5.82 Å². The molecule has 2 heterocycles. The van der Waals surface area contributed by atoms with Crippen molar-refractivity contribution in [2.75, 3.05) is 5.75 Å². The first-order chi connectivity index (χ1) is 5.36. The molecule has 1 atom stereocenters. The van der Waals surface area contributed by atoms with Gasteiger partial charge in [0.1, 0.15) is 5.82 Å². The molecule has 0 radical (unpaired) electrons. The second-order valence-corrected chi connectivity index (χ2v) is 4.09. The molecule has 0 spiro atoms. The number of aromatic nitrogens is 3. The summed E-state index contributed by atoms with van der Waals surface area (Å²) in [5, 5.41) is 7.57. The lowest BCUT2D eigenvalue weighted by molar-refractivity contribution is 0.781. The molecular formula is C7H11N3S. The fourth-order valence-electron chi connectivity index (χ4n) is 1.29. The van der Waals surface area contributed by atoms with Crippen molar-refractivity contribution >= 4 is 11.8 Å². The Bertz CT molecular complexity index is 240. The summed E-state index contributed by atoms with van der Waals surface area (Å²) in [4.78, 5) is 4.31. The number of rotatable bonds is 1. The number of nitrogens with one attached hydrogen (secondary N) is 1. The molecule has 0 amide bonds. The molecule has 0 bridgehead atoms. The molecule has 0 aromatic carbocycles. The van der Waals surface area contributed by atoms with Crippen molar-refractivity contribution in [3.8, 4) is 0 Å². The maximum absolute atomic E-state index is 4.31. The Kier molecular flexibility index (Phi) is 1.85. The molecule has 0 aliphatic carbocycles. The smallest absolute Gasteiger partial charge is 0.163 e. The lowest BCUT2D eigenvalue weighted by Gasteiger charge is -1.99. The van der Waals surface area contributed by atoms with E-state index in [-0.39, 0.29) is 0 Å². The molecule has 4 heteroatoms. The van der Waals surface area contributed by atoms with Gasteiger partial charge in [-0.3, -0.25) is 5.10 Å². The first kappa shape index (κ1) is 7.16. The van der Waals surface area contributed by atoms with Gasteiger partial charge in [-0.05, 0) is 25.5 Å². The summed E-state index contributed by atoms with van der Waals surface area (Å²) in [5.74, 6) is 3.18. The second kappa shape index (κ2) is 2.85. The quantitative estimate of drug-likeness (QED) is 0.695. The standard InChI is InChI=1S/C7H11N3S/c1-5-8-7(10-9-5)6-3-2-4-11-6/h6H,2-4H2,1H3,(H,8,9,10). The van der Waals surface area contributed by atoms with E-state index < -0.39 is 0 Å². The summed E-state index contributed by atoms with van der Waals surface area (Å²) in [6.07, 6.45) is 2.55. The molecule has 1 unspecified atom stereocenters. The molecule has 1 saturated heterocycles. The van der Waals surface area contributed by atoms with Crippen molar-refractivity contribution in [1.82, 2.24) is 15.2 Å². The number of aromatic amines is 1. The highest BCUT2D eigenvalue weighted by Crippen LogP contribution is 2.37. The molecular weight excluding hydrogens is 158 g/mol. The van der Waals surface area contributed by atoms with Crippen LogP contribution in [0.15, 0.2) is 0 Å². The molecule has 1 aliphatic rings. The van der Waals surface area contributed by atoms with Crippen LogP contribution in [-0.2, 0) is 0 Å². The number of hydrogen-bond donors (Lipinski definition) is 1. The Labute approximate surface area is 70.0 Å². The van der Waals surface area contributed by atoms with Gasteiger partial charge in [0, 0.05) is 0 Å². The van der Waals surface area contributed by atoms with Crippen LogP contribution in [0.2, 0.25) is 0 Å². The number of hydrogen-bond acceptors (Lipinski definition) is 3. The molecule has 1 aromatic heterocycles. The fraction of sp³-hybridized carbons (Fsp3) is 0.714. The average Bonchev–Trinajstić information content (AvgIpc) is 2.55. The topological polar surface area (TPSA) is 41.6 Å². The van der Waals surface area contributed by atoms with E-state index in [1.807, 2.05) is 18.7 Å². The van der Waals surface area contributed by atoms with E-state index in [2.05, 4.69) is 15.2 Å². The van der Waals surface area contributed by atoms with E-state index in [4.69, 9.17) is 0 Å². The van der Waals surface area contributed by atoms with Crippen molar-refractivity contribution < 1.29 is 0 Å². The van der Waals surface area contributed by atoms with Gasteiger partial charge < -0.3 is 0 Å². The Balaban J connectivity index is 2.15. The van der Waals surface area contributed by atoms with Crippen LogP contribution in [0, 0.1) is 6.92 Å². The molecule has 1 aliphatic heterocycles. The van der Waals surface area contributed by atoms with E-state index in [1.54, 1.807) is 0 Å². The molecule has 3 nitrogen and oxygen atoms in total. The third kappa shape index (κ3) is 1.40. The summed E-state index contributed by atoms with van der Waals surface area (Å²) >= 11 is 1.96. The van der Waals surface area contributed by atoms with Crippen molar-refractivity contribution in [2.24, 2.45) is 0 Å². The van der Waals surface area contributed by atoms with E-state index in [9.17, 15) is 0 Å². The Morgan fingerprint density at radius 2 is 2.55 bits per heavy atom. The Morgan fingerprint density at radius 3 is 3.09 bits per heavy atom. The van der Waals surface area contributed by atoms with Crippen molar-refractivity contribution in [3.63, 3.8) is 0 Å². The van der Waals surface area contributed by atoms with Gasteiger partial charge >= 0.3 is 0 Å². The third-order valence-corrected chi connectivity index (χ3v) is 3.21. The van der Waals surface area contributed by atoms with E-state index >= 15 is 0 Å². The minimum Gasteiger partial charge on any atom is -0.263 e. The Hall–Kier alpha value is -0.510. The average molecular weight is 169 g/mol. The predicted molar refractivity (Wildman–Crippen MR) is 45.6 cm³/mol. The number of thioether (sulfide) groups is 1. The van der Waals surface area contributed by atoms with Crippen LogP contribution in [0.5, 0.6) is 0 Å². The van der Waals surface area contributed by atoms with Gasteiger partial charge in [-0.2, -0.15) is 16.9 Å². The summed E-state index contributed by atoms with van der Waals surface area (Å²) in [6.45, 7) is 1.94. The first-order valence-corrected chi connectivity index (χ1v) is 4.91.